The second-order valence-corrected chi connectivity index (χ2v) is 9.91. The number of nitrogens with zero attached hydrogens (tertiary/aromatic N) is 7. The van der Waals surface area contributed by atoms with Crippen LogP contribution in [0.4, 0.5) is 17.3 Å². The van der Waals surface area contributed by atoms with E-state index in [1.54, 1.807) is 23.1 Å². The van der Waals surface area contributed by atoms with E-state index in [1.807, 2.05) is 68.5 Å². The van der Waals surface area contributed by atoms with Crippen molar-refractivity contribution in [1.29, 1.82) is 5.26 Å². The maximum absolute atomic E-state index is 12.7. The van der Waals surface area contributed by atoms with Crippen molar-refractivity contribution in [2.75, 3.05) is 30.9 Å². The molecule has 1 fully saturated rings. The molecule has 38 heavy (non-hydrogen) atoms. The molecule has 1 aliphatic heterocycles. The summed E-state index contributed by atoms with van der Waals surface area (Å²) in [4.78, 5) is 25.6. The maximum Gasteiger partial charge on any atom is 0.228 e. The van der Waals surface area contributed by atoms with Gasteiger partial charge in [-0.3, -0.25) is 4.79 Å². The van der Waals surface area contributed by atoms with Gasteiger partial charge in [0, 0.05) is 42.1 Å². The summed E-state index contributed by atoms with van der Waals surface area (Å²) in [5, 5.41) is 17.2. The molecule has 2 aromatic heterocycles. The van der Waals surface area contributed by atoms with E-state index in [1.165, 1.54) is 0 Å². The van der Waals surface area contributed by atoms with E-state index in [-0.39, 0.29) is 11.9 Å². The first kappa shape index (κ1) is 25.4. The number of halogens is 1. The predicted molar refractivity (Wildman–Crippen MR) is 148 cm³/mol. The van der Waals surface area contributed by atoms with Crippen molar-refractivity contribution < 1.29 is 4.79 Å². The Morgan fingerprint density at radius 2 is 1.95 bits per heavy atom. The molecular weight excluding hydrogens is 500 g/mol. The number of benzene rings is 2. The van der Waals surface area contributed by atoms with Crippen LogP contribution in [0.3, 0.4) is 0 Å². The van der Waals surface area contributed by atoms with Crippen LogP contribution in [0.25, 0.3) is 16.9 Å². The number of anilines is 3. The highest BCUT2D eigenvalue weighted by atomic mass is 35.5. The maximum atomic E-state index is 12.7. The molecule has 1 aliphatic rings. The minimum Gasteiger partial charge on any atom is -0.324 e. The number of hydrogen-bond acceptors (Lipinski definition) is 7. The molecular formula is C28H27ClN8O. The zero-order valence-electron chi connectivity index (χ0n) is 21.4. The average Bonchev–Trinajstić information content (AvgIpc) is 3.40. The molecule has 1 N–H and O–H groups in total. The summed E-state index contributed by atoms with van der Waals surface area (Å²) < 4.78 is 1.73. The Morgan fingerprint density at radius 3 is 2.63 bits per heavy atom. The molecule has 0 saturated carbocycles. The second kappa shape index (κ2) is 10.6. The van der Waals surface area contributed by atoms with Gasteiger partial charge >= 0.3 is 0 Å². The van der Waals surface area contributed by atoms with Gasteiger partial charge in [0.1, 0.15) is 0 Å². The first-order chi connectivity index (χ1) is 18.3. The fourth-order valence-electron chi connectivity index (χ4n) is 4.57. The van der Waals surface area contributed by atoms with Crippen LogP contribution in [0.15, 0.2) is 61.1 Å². The van der Waals surface area contributed by atoms with E-state index < -0.39 is 0 Å². The first-order valence-corrected chi connectivity index (χ1v) is 12.6. The molecule has 2 aromatic carbocycles. The van der Waals surface area contributed by atoms with Crippen molar-refractivity contribution in [3.63, 3.8) is 0 Å². The number of carbonyl (C=O) groups is 1. The van der Waals surface area contributed by atoms with E-state index in [0.717, 1.165) is 34.6 Å². The molecule has 10 heteroatoms. The summed E-state index contributed by atoms with van der Waals surface area (Å²) in [6.45, 7) is 2.64. The molecule has 9 nitrogen and oxygen atoms in total. The van der Waals surface area contributed by atoms with E-state index in [4.69, 9.17) is 16.9 Å². The fraction of sp³-hybridized carbons (Fsp3) is 0.250. The number of aromatic nitrogens is 4. The van der Waals surface area contributed by atoms with Crippen LogP contribution in [0.1, 0.15) is 24.0 Å². The average molecular weight is 527 g/mol. The molecule has 4 aromatic rings. The van der Waals surface area contributed by atoms with E-state index in [0.29, 0.717) is 35.2 Å². The van der Waals surface area contributed by atoms with Crippen LogP contribution >= 0.6 is 11.6 Å². The summed E-state index contributed by atoms with van der Waals surface area (Å²) in [6, 6.07) is 15.5. The molecule has 1 atom stereocenters. The molecule has 0 unspecified atom stereocenters. The van der Waals surface area contributed by atoms with Gasteiger partial charge in [0.15, 0.2) is 0 Å². The lowest BCUT2D eigenvalue weighted by Crippen LogP contribution is -2.45. The van der Waals surface area contributed by atoms with E-state index >= 15 is 0 Å². The standard InChI is InChI=1S/C28H27ClN8O/c1-18-12-19(14-30)4-9-25(18)37-17-20(15-32-37)27-24(29)16-31-28(34-27)33-21-5-7-22(8-6-21)36-11-10-23(35(2)3)13-26(36)38/h4-9,12,15-17,23H,10-11,13H2,1-3H3,(H,31,33,34)/t23-/m0/s1. The van der Waals surface area contributed by atoms with Crippen LogP contribution < -0.4 is 10.2 Å². The highest BCUT2D eigenvalue weighted by molar-refractivity contribution is 6.32. The van der Waals surface area contributed by atoms with Crippen molar-refractivity contribution in [3.8, 4) is 23.0 Å². The van der Waals surface area contributed by atoms with Gasteiger partial charge in [0.05, 0.1) is 40.4 Å². The number of aryl methyl sites for hydroxylation is 1. The normalized spacial score (nSPS) is 15.5. The van der Waals surface area contributed by atoms with Crippen LogP contribution in [0.2, 0.25) is 5.02 Å². The predicted octanol–water partition coefficient (Wildman–Crippen LogP) is 4.96. The summed E-state index contributed by atoms with van der Waals surface area (Å²) in [7, 11) is 4.03. The molecule has 1 amide bonds. The third-order valence-corrected chi connectivity index (χ3v) is 7.01. The smallest absolute Gasteiger partial charge is 0.228 e. The Morgan fingerprint density at radius 1 is 1.16 bits per heavy atom. The van der Waals surface area contributed by atoms with Crippen LogP contribution in [-0.4, -0.2) is 57.2 Å². The van der Waals surface area contributed by atoms with Crippen LogP contribution in [0, 0.1) is 18.3 Å². The first-order valence-electron chi connectivity index (χ1n) is 12.2. The third kappa shape index (κ3) is 5.23. The number of nitrogens with one attached hydrogen (secondary N) is 1. The van der Waals surface area contributed by atoms with Gasteiger partial charge in [0.25, 0.3) is 0 Å². The number of rotatable bonds is 6. The molecule has 3 heterocycles. The number of amides is 1. The van der Waals surface area contributed by atoms with E-state index in [2.05, 4.69) is 31.4 Å². The van der Waals surface area contributed by atoms with Gasteiger partial charge in [0.2, 0.25) is 11.9 Å². The van der Waals surface area contributed by atoms with Crippen molar-refractivity contribution in [3.05, 3.63) is 77.2 Å². The Hall–Kier alpha value is -4.26. The molecule has 0 bridgehead atoms. The van der Waals surface area contributed by atoms with Crippen molar-refractivity contribution in [2.45, 2.75) is 25.8 Å². The van der Waals surface area contributed by atoms with Crippen molar-refractivity contribution in [2.24, 2.45) is 0 Å². The lowest BCUT2D eigenvalue weighted by Gasteiger charge is -2.34. The van der Waals surface area contributed by atoms with Crippen LogP contribution in [-0.2, 0) is 4.79 Å². The number of hydrogen-bond donors (Lipinski definition) is 1. The highest BCUT2D eigenvalue weighted by Gasteiger charge is 2.27. The molecule has 0 radical (unpaired) electrons. The quantitative estimate of drug-likeness (QED) is 0.378. The Labute approximate surface area is 226 Å². The van der Waals surface area contributed by atoms with Crippen molar-refractivity contribution >= 4 is 34.8 Å². The Kier molecular flexibility index (Phi) is 7.09. The minimum atomic E-state index is 0.137. The lowest BCUT2D eigenvalue weighted by atomic mass is 10.0. The van der Waals surface area contributed by atoms with E-state index in [9.17, 15) is 4.79 Å². The third-order valence-electron chi connectivity index (χ3n) is 6.74. The van der Waals surface area contributed by atoms with Gasteiger partial charge in [-0.25, -0.2) is 14.6 Å². The van der Waals surface area contributed by atoms with Gasteiger partial charge in [-0.15, -0.1) is 0 Å². The second-order valence-electron chi connectivity index (χ2n) is 9.50. The summed E-state index contributed by atoms with van der Waals surface area (Å²) in [5.41, 5.74) is 5.35. The van der Waals surface area contributed by atoms with Gasteiger partial charge < -0.3 is 15.1 Å². The molecule has 192 valence electrons. The SMILES string of the molecule is Cc1cc(C#N)ccc1-n1cc(-c2nc(Nc3ccc(N4CC[C@H](N(C)C)CC4=O)cc3)ncc2Cl)cn1. The molecule has 5 rings (SSSR count). The summed E-state index contributed by atoms with van der Waals surface area (Å²) in [5.74, 6) is 0.528. The largest absolute Gasteiger partial charge is 0.324 e. The highest BCUT2D eigenvalue weighted by Crippen LogP contribution is 2.29. The summed E-state index contributed by atoms with van der Waals surface area (Å²) in [6.07, 6.45) is 6.56. The number of nitriles is 1. The lowest BCUT2D eigenvalue weighted by molar-refractivity contribution is -0.120. The monoisotopic (exact) mass is 526 g/mol. The zero-order valence-corrected chi connectivity index (χ0v) is 22.1. The number of carbonyl (C=O) groups excluding carboxylic acids is 1. The Balaban J connectivity index is 1.32. The molecule has 0 aliphatic carbocycles. The topological polar surface area (TPSA) is 103 Å². The van der Waals surface area contributed by atoms with Crippen molar-refractivity contribution in [1.82, 2.24) is 24.6 Å². The number of piperidine rings is 1. The minimum absolute atomic E-state index is 0.137. The van der Waals surface area contributed by atoms with Gasteiger partial charge in [-0.1, -0.05) is 11.6 Å². The molecule has 1 saturated heterocycles. The van der Waals surface area contributed by atoms with Gasteiger partial charge in [-0.2, -0.15) is 10.4 Å². The Bertz CT molecular complexity index is 1520. The summed E-state index contributed by atoms with van der Waals surface area (Å²) >= 11 is 6.44. The van der Waals surface area contributed by atoms with Crippen LogP contribution in [0.5, 0.6) is 0 Å². The zero-order chi connectivity index (χ0) is 26.8. The fourth-order valence-corrected chi connectivity index (χ4v) is 4.77. The molecule has 0 spiro atoms. The van der Waals surface area contributed by atoms with Gasteiger partial charge in [-0.05, 0) is 75.5 Å².